The number of nitrogens with zero attached hydrogens (tertiary/aromatic N) is 6. The van der Waals surface area contributed by atoms with E-state index in [-0.39, 0.29) is 29.2 Å². The summed E-state index contributed by atoms with van der Waals surface area (Å²) in [5, 5.41) is 13.6. The first-order valence-corrected chi connectivity index (χ1v) is 14.3. The second-order valence-corrected chi connectivity index (χ2v) is 10.2. The number of fused-ring (bicyclic) bond motifs is 1. The van der Waals surface area contributed by atoms with Crippen molar-refractivity contribution < 1.29 is 23.5 Å². The number of anilines is 3. The van der Waals surface area contributed by atoms with Crippen LogP contribution in [0.25, 0.3) is 6.08 Å². The minimum absolute atomic E-state index is 0.0239. The van der Waals surface area contributed by atoms with Crippen molar-refractivity contribution in [2.45, 2.75) is 32.1 Å². The molecule has 1 aliphatic carbocycles. The van der Waals surface area contributed by atoms with Crippen molar-refractivity contribution in [2.24, 2.45) is 5.73 Å². The van der Waals surface area contributed by atoms with Gasteiger partial charge in [0.1, 0.15) is 11.5 Å². The molecule has 2 aromatic heterocycles. The summed E-state index contributed by atoms with van der Waals surface area (Å²) in [6.45, 7) is 4.01. The number of allylic oxidation sites excluding steroid dienone is 1. The van der Waals surface area contributed by atoms with Gasteiger partial charge in [0.05, 0.1) is 13.2 Å². The second kappa shape index (κ2) is 13.9. The van der Waals surface area contributed by atoms with Crippen molar-refractivity contribution >= 4 is 41.3 Å². The number of hydrogen-bond donors (Lipinski definition) is 3. The third kappa shape index (κ3) is 7.33. The minimum Gasteiger partial charge on any atom is -0.437 e. The van der Waals surface area contributed by atoms with Gasteiger partial charge in [-0.05, 0) is 56.0 Å². The number of nitrogens with one attached hydrogen (secondary N) is 2. The van der Waals surface area contributed by atoms with Crippen LogP contribution in [-0.4, -0.2) is 89.2 Å². The molecule has 2 aliphatic heterocycles. The number of oxazole rings is 1. The number of hydrogen-bond acceptors (Lipinski definition) is 11. The lowest BCUT2D eigenvalue weighted by atomic mass is 10.1. The number of rotatable bonds is 6. The van der Waals surface area contributed by atoms with E-state index in [0.29, 0.717) is 43.5 Å². The van der Waals surface area contributed by atoms with E-state index in [1.54, 1.807) is 36.2 Å². The number of carbonyl (C=O) groups excluding carboxylic acids is 3. The molecular formula is C29H35N9O5. The van der Waals surface area contributed by atoms with E-state index >= 15 is 0 Å². The second-order valence-electron chi connectivity index (χ2n) is 10.2. The Morgan fingerprint density at radius 2 is 1.70 bits per heavy atom. The number of carbonyl (C=O) groups is 3. The monoisotopic (exact) mass is 589 g/mol. The van der Waals surface area contributed by atoms with Gasteiger partial charge in [-0.3, -0.25) is 14.4 Å². The van der Waals surface area contributed by atoms with Gasteiger partial charge in [-0.25, -0.2) is 4.98 Å². The number of morpholine rings is 1. The Labute approximate surface area is 248 Å². The fraction of sp³-hybridized carbons (Fsp3) is 0.414. The number of primary amides is 1. The van der Waals surface area contributed by atoms with Crippen LogP contribution in [0.3, 0.4) is 0 Å². The zero-order valence-corrected chi connectivity index (χ0v) is 24.0. The summed E-state index contributed by atoms with van der Waals surface area (Å²) in [7, 11) is 1.56. The van der Waals surface area contributed by atoms with E-state index in [1.165, 1.54) is 6.42 Å². The zero-order chi connectivity index (χ0) is 30.2. The SMILES string of the molecule is CNC(=O)c1nc2c(o1)CCC=C2.NC(=O)c1nnc(N2CCCCC2)nc1Nc1ccc(C(=O)N2CCOCC2)cc1. The van der Waals surface area contributed by atoms with Crippen LogP contribution in [0.4, 0.5) is 17.5 Å². The standard InChI is InChI=1S/C20H25N7O3.C9H10N2O2/c21-17(28)16-18(23-20(25-24-16)27-8-2-1-3-9-27)22-15-6-4-14(5-7-15)19(29)26-10-12-30-13-11-26;1-10-8(12)9-11-6-4-2-3-5-7(6)13-9/h4-7H,1-3,8-13H2,(H2,21,28)(H,22,23,25);2,4H,3,5H2,1H3,(H,10,12). The molecule has 43 heavy (non-hydrogen) atoms. The number of aromatic nitrogens is 4. The number of nitrogens with two attached hydrogens (primary N) is 1. The van der Waals surface area contributed by atoms with Gasteiger partial charge in [0.15, 0.2) is 11.5 Å². The van der Waals surface area contributed by atoms with E-state index < -0.39 is 5.91 Å². The van der Waals surface area contributed by atoms with Crippen LogP contribution >= 0.6 is 0 Å². The first-order chi connectivity index (χ1) is 20.9. The van der Waals surface area contributed by atoms with Crippen molar-refractivity contribution in [2.75, 3.05) is 56.7 Å². The summed E-state index contributed by atoms with van der Waals surface area (Å²) in [6, 6.07) is 7.01. The van der Waals surface area contributed by atoms with Gasteiger partial charge in [0, 0.05) is 50.9 Å². The maximum atomic E-state index is 12.6. The van der Waals surface area contributed by atoms with E-state index in [4.69, 9.17) is 14.9 Å². The predicted octanol–water partition coefficient (Wildman–Crippen LogP) is 2.17. The highest BCUT2D eigenvalue weighted by Gasteiger charge is 2.21. The molecule has 14 heteroatoms. The molecule has 14 nitrogen and oxygen atoms in total. The lowest BCUT2D eigenvalue weighted by Crippen LogP contribution is -2.40. The molecule has 4 N–H and O–H groups in total. The Kier molecular flexibility index (Phi) is 9.56. The van der Waals surface area contributed by atoms with Gasteiger partial charge in [-0.1, -0.05) is 6.08 Å². The quantitative estimate of drug-likeness (QED) is 0.383. The summed E-state index contributed by atoms with van der Waals surface area (Å²) in [5.74, 6) is 0.676. The molecule has 0 radical (unpaired) electrons. The summed E-state index contributed by atoms with van der Waals surface area (Å²) < 4.78 is 10.6. The van der Waals surface area contributed by atoms with Gasteiger partial charge in [-0.15, -0.1) is 10.2 Å². The summed E-state index contributed by atoms with van der Waals surface area (Å²) in [4.78, 5) is 47.9. The lowest BCUT2D eigenvalue weighted by molar-refractivity contribution is 0.0303. The molecule has 2 fully saturated rings. The number of ether oxygens (including phenoxy) is 1. The highest BCUT2D eigenvalue weighted by atomic mass is 16.5. The minimum atomic E-state index is -0.707. The van der Waals surface area contributed by atoms with Crippen LogP contribution in [0.2, 0.25) is 0 Å². The molecule has 1 aromatic carbocycles. The smallest absolute Gasteiger partial charge is 0.306 e. The van der Waals surface area contributed by atoms with Crippen molar-refractivity contribution in [1.82, 2.24) is 30.4 Å². The normalized spacial score (nSPS) is 16.0. The Bertz CT molecular complexity index is 1480. The predicted molar refractivity (Wildman–Crippen MR) is 158 cm³/mol. The highest BCUT2D eigenvalue weighted by molar-refractivity contribution is 5.97. The van der Waals surface area contributed by atoms with Crippen LogP contribution < -0.4 is 21.3 Å². The molecule has 6 rings (SSSR count). The highest BCUT2D eigenvalue weighted by Crippen LogP contribution is 2.23. The molecular weight excluding hydrogens is 554 g/mol. The van der Waals surface area contributed by atoms with Crippen LogP contribution in [-0.2, 0) is 11.2 Å². The van der Waals surface area contributed by atoms with E-state index in [1.807, 2.05) is 12.2 Å². The van der Waals surface area contributed by atoms with Crippen molar-refractivity contribution in [1.29, 1.82) is 0 Å². The van der Waals surface area contributed by atoms with E-state index in [9.17, 15) is 14.4 Å². The molecule has 4 heterocycles. The average Bonchev–Trinajstić information content (AvgIpc) is 3.50. The molecule has 0 spiro atoms. The van der Waals surface area contributed by atoms with Crippen molar-refractivity contribution in [3.8, 4) is 0 Å². The Hall–Kier alpha value is -4.85. The largest absolute Gasteiger partial charge is 0.437 e. The maximum absolute atomic E-state index is 12.6. The number of aryl methyl sites for hydroxylation is 1. The van der Waals surface area contributed by atoms with E-state index in [0.717, 1.165) is 50.2 Å². The van der Waals surface area contributed by atoms with Gasteiger partial charge >= 0.3 is 5.91 Å². The van der Waals surface area contributed by atoms with Gasteiger partial charge < -0.3 is 35.3 Å². The first-order valence-electron chi connectivity index (χ1n) is 14.3. The summed E-state index contributed by atoms with van der Waals surface area (Å²) >= 11 is 0. The van der Waals surface area contributed by atoms with Crippen LogP contribution in [0, 0.1) is 0 Å². The van der Waals surface area contributed by atoms with Gasteiger partial charge in [0.2, 0.25) is 5.95 Å². The lowest BCUT2D eigenvalue weighted by Gasteiger charge is -2.27. The number of piperidine rings is 1. The molecule has 226 valence electrons. The Morgan fingerprint density at radius 3 is 2.37 bits per heavy atom. The topological polar surface area (TPSA) is 182 Å². The maximum Gasteiger partial charge on any atom is 0.306 e. The molecule has 3 amide bonds. The van der Waals surface area contributed by atoms with Gasteiger partial charge in [0.25, 0.3) is 17.7 Å². The molecule has 0 saturated carbocycles. The average molecular weight is 590 g/mol. The molecule has 0 bridgehead atoms. The molecule has 3 aliphatic rings. The summed E-state index contributed by atoms with van der Waals surface area (Å²) in [6.07, 6.45) is 9.02. The molecule has 3 aromatic rings. The third-order valence-electron chi connectivity index (χ3n) is 7.20. The third-order valence-corrected chi connectivity index (χ3v) is 7.20. The Morgan fingerprint density at radius 1 is 0.953 bits per heavy atom. The van der Waals surface area contributed by atoms with Crippen LogP contribution in [0.15, 0.2) is 34.8 Å². The van der Waals surface area contributed by atoms with Crippen molar-refractivity contribution in [3.63, 3.8) is 0 Å². The van der Waals surface area contributed by atoms with Crippen LogP contribution in [0.5, 0.6) is 0 Å². The fourth-order valence-corrected chi connectivity index (χ4v) is 4.87. The fourth-order valence-electron chi connectivity index (χ4n) is 4.87. The molecule has 0 unspecified atom stereocenters. The van der Waals surface area contributed by atoms with E-state index in [2.05, 4.69) is 35.7 Å². The van der Waals surface area contributed by atoms with Gasteiger partial charge in [-0.2, -0.15) is 4.98 Å². The van der Waals surface area contributed by atoms with Crippen molar-refractivity contribution in [3.05, 3.63) is 58.9 Å². The van der Waals surface area contributed by atoms with Crippen LogP contribution in [0.1, 0.15) is 68.7 Å². The number of amides is 3. The summed E-state index contributed by atoms with van der Waals surface area (Å²) in [5.41, 5.74) is 7.46. The molecule has 0 atom stereocenters. The zero-order valence-electron chi connectivity index (χ0n) is 24.0. The first kappa shape index (κ1) is 29.6. The Balaban J connectivity index is 0.000000235. The molecule has 2 saturated heterocycles. The number of benzene rings is 1.